The molecule has 3 aromatic heterocycles. The minimum Gasteiger partial charge on any atom is -0.382 e. The van der Waals surface area contributed by atoms with Crippen molar-refractivity contribution in [2.75, 3.05) is 17.6 Å². The van der Waals surface area contributed by atoms with Crippen LogP contribution in [0.3, 0.4) is 0 Å². The molecule has 0 radical (unpaired) electrons. The third kappa shape index (κ3) is 4.93. The Hall–Kier alpha value is -4.99. The van der Waals surface area contributed by atoms with Crippen molar-refractivity contribution in [3.63, 3.8) is 0 Å². The molecule has 0 bridgehead atoms. The summed E-state index contributed by atoms with van der Waals surface area (Å²) in [6, 6.07) is 8.55. The number of fused-ring (bicyclic) bond motifs is 2. The highest BCUT2D eigenvalue weighted by molar-refractivity contribution is 6.04. The Morgan fingerprint density at radius 2 is 1.93 bits per heavy atom. The molecule has 4 aromatic rings. The predicted octanol–water partition coefficient (Wildman–Crippen LogP) is 4.87. The molecule has 0 saturated carbocycles. The molecule has 0 aliphatic carbocycles. The van der Waals surface area contributed by atoms with Gasteiger partial charge in [0, 0.05) is 54.6 Å². The number of piperidine rings is 1. The van der Waals surface area contributed by atoms with Gasteiger partial charge in [0.25, 0.3) is 5.91 Å². The highest BCUT2D eigenvalue weighted by Crippen LogP contribution is 2.38. The van der Waals surface area contributed by atoms with Gasteiger partial charge in [-0.2, -0.15) is 23.4 Å². The molecule has 10 nitrogen and oxygen atoms in total. The van der Waals surface area contributed by atoms with Gasteiger partial charge < -0.3 is 16.0 Å². The Bertz CT molecular complexity index is 1710. The molecule has 13 heteroatoms. The van der Waals surface area contributed by atoms with E-state index < -0.39 is 17.6 Å². The lowest BCUT2D eigenvalue weighted by atomic mass is 9.92. The average Bonchev–Trinajstić information content (AvgIpc) is 3.55. The van der Waals surface area contributed by atoms with E-state index in [2.05, 4.69) is 25.2 Å². The fourth-order valence-corrected chi connectivity index (χ4v) is 5.69. The second-order valence-corrected chi connectivity index (χ2v) is 10.1. The van der Waals surface area contributed by atoms with Crippen LogP contribution in [0.25, 0.3) is 16.8 Å². The molecule has 6 rings (SSSR count). The molecular weight excluding hydrogens is 535 g/mol. The van der Waals surface area contributed by atoms with E-state index in [9.17, 15) is 18.0 Å². The number of nitrogens with one attached hydrogen (secondary N) is 1. The van der Waals surface area contributed by atoms with E-state index in [1.165, 1.54) is 0 Å². The fraction of sp³-hybridized carbons (Fsp3) is 0.286. The summed E-state index contributed by atoms with van der Waals surface area (Å²) in [6.45, 7) is 0.689. The van der Waals surface area contributed by atoms with E-state index in [1.54, 1.807) is 30.5 Å². The third-order valence-corrected chi connectivity index (χ3v) is 7.64. The second kappa shape index (κ2) is 10.2. The maximum atomic E-state index is 13.0. The van der Waals surface area contributed by atoms with E-state index in [0.29, 0.717) is 35.2 Å². The van der Waals surface area contributed by atoms with Gasteiger partial charge >= 0.3 is 6.18 Å². The summed E-state index contributed by atoms with van der Waals surface area (Å²) < 4.78 is 41.0. The van der Waals surface area contributed by atoms with Crippen molar-refractivity contribution >= 4 is 28.9 Å². The SMILES string of the molecule is N#C/N=C1\CC[C@@H]2CC[C@@H](c3nc(-c4ccc(C(=O)Nc5cc(C(F)(F)F)ccn5)cc4)c4c(N)nccn34)CN12. The number of nitrogens with two attached hydrogens (primary N) is 1. The van der Waals surface area contributed by atoms with Gasteiger partial charge in [0.15, 0.2) is 0 Å². The number of rotatable bonds is 4. The maximum absolute atomic E-state index is 13.0. The molecule has 208 valence electrons. The minimum atomic E-state index is -4.55. The number of aromatic nitrogens is 4. The van der Waals surface area contributed by atoms with Crippen LogP contribution < -0.4 is 11.1 Å². The van der Waals surface area contributed by atoms with Crippen molar-refractivity contribution in [3.8, 4) is 17.5 Å². The predicted molar refractivity (Wildman–Crippen MR) is 145 cm³/mol. The summed E-state index contributed by atoms with van der Waals surface area (Å²) in [5, 5.41) is 11.5. The highest BCUT2D eigenvalue weighted by atomic mass is 19.4. The first kappa shape index (κ1) is 26.2. The highest BCUT2D eigenvalue weighted by Gasteiger charge is 2.37. The molecule has 5 heterocycles. The van der Waals surface area contributed by atoms with Crippen LogP contribution in [0.5, 0.6) is 0 Å². The largest absolute Gasteiger partial charge is 0.416 e. The number of carbonyl (C=O) groups is 1. The number of hydrogen-bond donors (Lipinski definition) is 2. The molecule has 0 spiro atoms. The Kier molecular flexibility index (Phi) is 6.53. The number of aliphatic imine (C=N–C) groups is 1. The van der Waals surface area contributed by atoms with Crippen LogP contribution in [0.1, 0.15) is 53.3 Å². The van der Waals surface area contributed by atoms with E-state index in [1.807, 2.05) is 16.8 Å². The zero-order chi connectivity index (χ0) is 28.7. The first-order chi connectivity index (χ1) is 19.7. The molecular formula is C28H24F3N9O. The van der Waals surface area contributed by atoms with Crippen molar-refractivity contribution in [1.82, 2.24) is 24.3 Å². The summed E-state index contributed by atoms with van der Waals surface area (Å²) in [6.07, 6.45) is 5.47. The van der Waals surface area contributed by atoms with E-state index in [4.69, 9.17) is 16.0 Å². The molecule has 2 aliphatic rings. The standard InChI is InChI=1S/C28H24F3N9O/c29-28(30,31)19-9-10-34-21(13-19)37-27(41)17-3-1-16(2-4-17)23-24-25(33)35-11-12-39(24)26(38-23)18-5-6-20-7-8-22(36-15-32)40(20)14-18/h1-4,9-13,18,20H,5-8,14H2,(H2,33,35)(H,34,37,41)/b36-22+/t18-,20+/m1/s1. The summed E-state index contributed by atoms with van der Waals surface area (Å²) in [7, 11) is 0. The number of amides is 1. The Morgan fingerprint density at radius 1 is 1.12 bits per heavy atom. The van der Waals surface area contributed by atoms with Gasteiger partial charge in [-0.05, 0) is 43.5 Å². The number of anilines is 2. The van der Waals surface area contributed by atoms with Gasteiger partial charge in [0.2, 0.25) is 6.19 Å². The van der Waals surface area contributed by atoms with Gasteiger partial charge in [-0.15, -0.1) is 0 Å². The fourth-order valence-electron chi connectivity index (χ4n) is 5.69. The number of amidine groups is 1. The summed E-state index contributed by atoms with van der Waals surface area (Å²) >= 11 is 0. The van der Waals surface area contributed by atoms with Gasteiger partial charge in [-0.25, -0.2) is 15.0 Å². The van der Waals surface area contributed by atoms with Crippen LogP contribution in [-0.2, 0) is 6.18 Å². The molecule has 2 fully saturated rings. The smallest absolute Gasteiger partial charge is 0.382 e. The quantitative estimate of drug-likeness (QED) is 0.341. The molecule has 2 saturated heterocycles. The van der Waals surface area contributed by atoms with Crippen LogP contribution in [0.15, 0.2) is 60.0 Å². The summed E-state index contributed by atoms with van der Waals surface area (Å²) in [5.74, 6) is 1.22. The number of carbonyl (C=O) groups excluding carboxylic acids is 1. The first-order valence-corrected chi connectivity index (χ1v) is 13.0. The zero-order valence-corrected chi connectivity index (χ0v) is 21.6. The van der Waals surface area contributed by atoms with Crippen molar-refractivity contribution in [3.05, 3.63) is 71.9 Å². The topological polar surface area (TPSA) is 138 Å². The lowest BCUT2D eigenvalue weighted by Gasteiger charge is -2.35. The summed E-state index contributed by atoms with van der Waals surface area (Å²) in [4.78, 5) is 32.1. The molecule has 2 aliphatic heterocycles. The molecule has 41 heavy (non-hydrogen) atoms. The lowest BCUT2D eigenvalue weighted by molar-refractivity contribution is -0.137. The second-order valence-electron chi connectivity index (χ2n) is 10.1. The van der Waals surface area contributed by atoms with Crippen molar-refractivity contribution < 1.29 is 18.0 Å². The number of benzene rings is 1. The van der Waals surface area contributed by atoms with Gasteiger partial charge in [0.05, 0.1) is 5.56 Å². The monoisotopic (exact) mass is 559 g/mol. The molecule has 2 atom stereocenters. The number of halogens is 3. The maximum Gasteiger partial charge on any atom is 0.416 e. The van der Waals surface area contributed by atoms with Crippen LogP contribution in [-0.4, -0.2) is 48.6 Å². The van der Waals surface area contributed by atoms with E-state index >= 15 is 0 Å². The van der Waals surface area contributed by atoms with Gasteiger partial charge in [-0.1, -0.05) is 12.1 Å². The first-order valence-electron chi connectivity index (χ1n) is 13.0. The summed E-state index contributed by atoms with van der Waals surface area (Å²) in [5.41, 5.74) is 7.58. The normalized spacial score (nSPS) is 19.8. The minimum absolute atomic E-state index is 0.0707. The van der Waals surface area contributed by atoms with Crippen LogP contribution in [0, 0.1) is 11.5 Å². The zero-order valence-electron chi connectivity index (χ0n) is 21.6. The Morgan fingerprint density at radius 3 is 2.68 bits per heavy atom. The van der Waals surface area contributed by atoms with E-state index in [-0.39, 0.29) is 17.3 Å². The molecule has 0 unspecified atom stereocenters. The van der Waals surface area contributed by atoms with Crippen LogP contribution in [0.2, 0.25) is 0 Å². The number of nitrogens with zero attached hydrogens (tertiary/aromatic N) is 7. The van der Waals surface area contributed by atoms with Gasteiger partial charge in [-0.3, -0.25) is 9.20 Å². The van der Waals surface area contributed by atoms with Crippen molar-refractivity contribution in [2.24, 2.45) is 4.99 Å². The number of pyridine rings is 1. The molecule has 1 aromatic carbocycles. The Labute approximate surface area is 232 Å². The van der Waals surface area contributed by atoms with Crippen molar-refractivity contribution in [1.29, 1.82) is 5.26 Å². The molecule has 1 amide bonds. The molecule has 3 N–H and O–H groups in total. The van der Waals surface area contributed by atoms with Gasteiger partial charge in [0.1, 0.15) is 34.5 Å². The number of imidazole rings is 1. The number of hydrogen-bond acceptors (Lipinski definition) is 7. The number of nitriles is 1. The van der Waals surface area contributed by atoms with E-state index in [0.717, 1.165) is 55.7 Å². The average molecular weight is 560 g/mol. The third-order valence-electron chi connectivity index (χ3n) is 7.64. The van der Waals surface area contributed by atoms with Crippen molar-refractivity contribution in [2.45, 2.75) is 43.8 Å². The van der Waals surface area contributed by atoms with Crippen LogP contribution >= 0.6 is 0 Å². The Balaban J connectivity index is 1.28. The number of nitrogen functional groups attached to an aromatic ring is 1. The van der Waals surface area contributed by atoms with Crippen LogP contribution in [0.4, 0.5) is 24.8 Å². The number of alkyl halides is 3. The lowest BCUT2D eigenvalue weighted by Crippen LogP contribution is -2.41.